The van der Waals surface area contributed by atoms with Crippen molar-refractivity contribution in [3.63, 3.8) is 0 Å². The van der Waals surface area contributed by atoms with Crippen molar-refractivity contribution in [2.45, 2.75) is 25.1 Å². The van der Waals surface area contributed by atoms with E-state index in [0.717, 1.165) is 17.3 Å². The summed E-state index contributed by atoms with van der Waals surface area (Å²) in [5.41, 5.74) is 0.994. The van der Waals surface area contributed by atoms with Crippen LogP contribution in [-0.2, 0) is 5.88 Å². The zero-order valence-electron chi connectivity index (χ0n) is 7.00. The fraction of sp³-hybridized carbons (Fsp3) is 0.556. The average molecular weight is 183 g/mol. The second-order valence-corrected chi connectivity index (χ2v) is 3.67. The molecule has 0 radical (unpaired) electrons. The summed E-state index contributed by atoms with van der Waals surface area (Å²) in [6, 6.07) is 0. The van der Waals surface area contributed by atoms with Crippen LogP contribution in [0.3, 0.4) is 0 Å². The molecule has 0 amide bonds. The molecule has 2 unspecified atom stereocenters. The standard InChI is InChI=1S/C9H11ClN2/c1-6-2-8(6)9-11-4-7(3-10)5-12-9/h4-6,8H,2-3H2,1H3. The van der Waals surface area contributed by atoms with E-state index in [9.17, 15) is 0 Å². The van der Waals surface area contributed by atoms with Crippen molar-refractivity contribution in [3.05, 3.63) is 23.8 Å². The summed E-state index contributed by atoms with van der Waals surface area (Å²) in [4.78, 5) is 8.53. The summed E-state index contributed by atoms with van der Waals surface area (Å²) in [6.07, 6.45) is 4.88. The Hall–Kier alpha value is -0.630. The van der Waals surface area contributed by atoms with Crippen molar-refractivity contribution in [2.24, 2.45) is 5.92 Å². The average Bonchev–Trinajstić information content (AvgIpc) is 2.83. The van der Waals surface area contributed by atoms with Crippen molar-refractivity contribution in [3.8, 4) is 0 Å². The fourth-order valence-electron chi connectivity index (χ4n) is 1.31. The van der Waals surface area contributed by atoms with Crippen molar-refractivity contribution >= 4 is 11.6 Å². The molecule has 0 saturated heterocycles. The molecule has 0 aromatic carbocycles. The first kappa shape index (κ1) is 7.99. The number of hydrogen-bond acceptors (Lipinski definition) is 2. The number of alkyl halides is 1. The molecule has 0 spiro atoms. The van der Waals surface area contributed by atoms with Crippen molar-refractivity contribution < 1.29 is 0 Å². The van der Waals surface area contributed by atoms with E-state index in [1.807, 2.05) is 12.4 Å². The van der Waals surface area contributed by atoms with E-state index in [1.54, 1.807) is 0 Å². The van der Waals surface area contributed by atoms with Crippen LogP contribution in [0.25, 0.3) is 0 Å². The Morgan fingerprint density at radius 2 is 2.08 bits per heavy atom. The van der Waals surface area contributed by atoms with Crippen LogP contribution in [0.1, 0.15) is 30.7 Å². The van der Waals surface area contributed by atoms with E-state index in [4.69, 9.17) is 11.6 Å². The number of halogens is 1. The van der Waals surface area contributed by atoms with Crippen LogP contribution in [0.15, 0.2) is 12.4 Å². The van der Waals surface area contributed by atoms with Crippen molar-refractivity contribution in [1.82, 2.24) is 9.97 Å². The lowest BCUT2D eigenvalue weighted by atomic mass is 10.3. The molecule has 2 rings (SSSR count). The zero-order valence-corrected chi connectivity index (χ0v) is 7.75. The molecular weight excluding hydrogens is 172 g/mol. The van der Waals surface area contributed by atoms with Gasteiger partial charge in [0.15, 0.2) is 0 Å². The van der Waals surface area contributed by atoms with Gasteiger partial charge in [0.25, 0.3) is 0 Å². The molecule has 1 fully saturated rings. The molecule has 3 heteroatoms. The molecule has 0 bridgehead atoms. The molecule has 2 nitrogen and oxygen atoms in total. The Bertz CT molecular complexity index is 270. The largest absolute Gasteiger partial charge is 0.241 e. The van der Waals surface area contributed by atoms with E-state index in [1.165, 1.54) is 6.42 Å². The molecule has 64 valence electrons. The van der Waals surface area contributed by atoms with Gasteiger partial charge in [-0.15, -0.1) is 11.6 Å². The third-order valence-corrected chi connectivity index (χ3v) is 2.63. The second kappa shape index (κ2) is 3.02. The van der Waals surface area contributed by atoms with E-state index in [-0.39, 0.29) is 0 Å². The summed E-state index contributed by atoms with van der Waals surface area (Å²) in [7, 11) is 0. The molecule has 2 atom stereocenters. The van der Waals surface area contributed by atoms with E-state index in [2.05, 4.69) is 16.9 Å². The third-order valence-electron chi connectivity index (χ3n) is 2.32. The first-order valence-corrected chi connectivity index (χ1v) is 4.71. The lowest BCUT2D eigenvalue weighted by molar-refractivity contribution is 0.837. The van der Waals surface area contributed by atoms with Crippen LogP contribution in [0, 0.1) is 5.92 Å². The molecule has 0 aliphatic heterocycles. The monoisotopic (exact) mass is 182 g/mol. The van der Waals surface area contributed by atoms with E-state index >= 15 is 0 Å². The molecule has 0 N–H and O–H groups in total. The smallest absolute Gasteiger partial charge is 0.131 e. The normalized spacial score (nSPS) is 27.2. The Kier molecular flexibility index (Phi) is 2.01. The summed E-state index contributed by atoms with van der Waals surface area (Å²) in [6.45, 7) is 2.23. The van der Waals surface area contributed by atoms with Crippen LogP contribution >= 0.6 is 11.6 Å². The van der Waals surface area contributed by atoms with Gasteiger partial charge in [0.05, 0.1) is 5.88 Å². The quantitative estimate of drug-likeness (QED) is 0.657. The number of hydrogen-bond donors (Lipinski definition) is 0. The van der Waals surface area contributed by atoms with Gasteiger partial charge in [-0.3, -0.25) is 0 Å². The second-order valence-electron chi connectivity index (χ2n) is 3.40. The van der Waals surface area contributed by atoms with E-state index in [0.29, 0.717) is 11.8 Å². The minimum Gasteiger partial charge on any atom is -0.241 e. The molecule has 1 saturated carbocycles. The van der Waals surface area contributed by atoms with Crippen LogP contribution in [0.5, 0.6) is 0 Å². The van der Waals surface area contributed by atoms with Crippen LogP contribution < -0.4 is 0 Å². The van der Waals surface area contributed by atoms with Crippen molar-refractivity contribution in [1.29, 1.82) is 0 Å². The maximum Gasteiger partial charge on any atom is 0.131 e. The first-order valence-electron chi connectivity index (χ1n) is 4.18. The summed E-state index contributed by atoms with van der Waals surface area (Å²) >= 11 is 5.62. The maximum absolute atomic E-state index is 5.62. The topological polar surface area (TPSA) is 25.8 Å². The minimum atomic E-state index is 0.500. The predicted octanol–water partition coefficient (Wildman–Crippen LogP) is 2.34. The highest BCUT2D eigenvalue weighted by atomic mass is 35.5. The SMILES string of the molecule is CC1CC1c1ncc(CCl)cn1. The van der Waals surface area contributed by atoms with E-state index < -0.39 is 0 Å². The number of aromatic nitrogens is 2. The minimum absolute atomic E-state index is 0.500. The van der Waals surface area contributed by atoms with Gasteiger partial charge in [-0.1, -0.05) is 6.92 Å². The maximum atomic E-state index is 5.62. The highest BCUT2D eigenvalue weighted by molar-refractivity contribution is 6.17. The Morgan fingerprint density at radius 1 is 1.50 bits per heavy atom. The molecular formula is C9H11ClN2. The molecule has 1 aliphatic carbocycles. The lowest BCUT2D eigenvalue weighted by Gasteiger charge is -1.97. The lowest BCUT2D eigenvalue weighted by Crippen LogP contribution is -1.93. The van der Waals surface area contributed by atoms with Gasteiger partial charge in [0.2, 0.25) is 0 Å². The fourth-order valence-corrected chi connectivity index (χ4v) is 1.45. The van der Waals surface area contributed by atoms with Crippen LogP contribution in [0.2, 0.25) is 0 Å². The Morgan fingerprint density at radius 3 is 2.50 bits per heavy atom. The molecule has 1 aliphatic rings. The molecule has 12 heavy (non-hydrogen) atoms. The molecule has 1 aromatic rings. The van der Waals surface area contributed by atoms with Gasteiger partial charge >= 0.3 is 0 Å². The van der Waals surface area contributed by atoms with Gasteiger partial charge in [0.1, 0.15) is 5.82 Å². The summed E-state index contributed by atoms with van der Waals surface area (Å²) in [5, 5.41) is 0. The van der Waals surface area contributed by atoms with Crippen molar-refractivity contribution in [2.75, 3.05) is 0 Å². The van der Waals surface area contributed by atoms with Crippen LogP contribution in [-0.4, -0.2) is 9.97 Å². The van der Waals surface area contributed by atoms with Gasteiger partial charge < -0.3 is 0 Å². The highest BCUT2D eigenvalue weighted by Crippen LogP contribution is 2.45. The third kappa shape index (κ3) is 1.44. The van der Waals surface area contributed by atoms with Gasteiger partial charge in [-0.25, -0.2) is 9.97 Å². The van der Waals surface area contributed by atoms with Gasteiger partial charge in [-0.05, 0) is 12.3 Å². The number of rotatable bonds is 2. The summed E-state index contributed by atoms with van der Waals surface area (Å²) < 4.78 is 0. The summed E-state index contributed by atoms with van der Waals surface area (Å²) in [5.74, 6) is 2.86. The number of nitrogens with zero attached hydrogens (tertiary/aromatic N) is 2. The van der Waals surface area contributed by atoms with Gasteiger partial charge in [0, 0.05) is 23.9 Å². The molecule has 1 aromatic heterocycles. The molecule has 1 heterocycles. The Labute approximate surface area is 77.0 Å². The Balaban J connectivity index is 2.14. The predicted molar refractivity (Wildman–Crippen MR) is 48.1 cm³/mol. The zero-order chi connectivity index (χ0) is 8.55. The first-order chi connectivity index (χ1) is 5.81. The van der Waals surface area contributed by atoms with Crippen LogP contribution in [0.4, 0.5) is 0 Å². The van der Waals surface area contributed by atoms with Gasteiger partial charge in [-0.2, -0.15) is 0 Å². The highest BCUT2D eigenvalue weighted by Gasteiger charge is 2.36.